The molecule has 16 heavy (non-hydrogen) atoms. The van der Waals surface area contributed by atoms with Crippen LogP contribution in [0.1, 0.15) is 13.3 Å². The second kappa shape index (κ2) is 6.17. The van der Waals surface area contributed by atoms with Crippen LogP contribution in [0, 0.1) is 0 Å². The van der Waals surface area contributed by atoms with Crippen molar-refractivity contribution in [1.82, 2.24) is 14.9 Å². The lowest BCUT2D eigenvalue weighted by Gasteiger charge is -2.18. The molecule has 0 aromatic carbocycles. The highest BCUT2D eigenvalue weighted by Gasteiger charge is 2.16. The average Bonchev–Trinajstić information content (AvgIpc) is 2.45. The van der Waals surface area contributed by atoms with Crippen LogP contribution in [-0.4, -0.2) is 57.7 Å². The summed E-state index contributed by atoms with van der Waals surface area (Å²) >= 11 is 0. The Morgan fingerprint density at radius 2 is 2.12 bits per heavy atom. The summed E-state index contributed by atoms with van der Waals surface area (Å²) in [4.78, 5) is 13.4. The fourth-order valence-electron chi connectivity index (χ4n) is 1.54. The van der Waals surface area contributed by atoms with E-state index in [0.29, 0.717) is 0 Å². The van der Waals surface area contributed by atoms with E-state index in [1.165, 1.54) is 6.92 Å². The third-order valence-corrected chi connectivity index (χ3v) is 3.75. The Hall–Kier alpha value is -0.660. The Kier molecular flexibility index (Phi) is 5.17. The van der Waals surface area contributed by atoms with Crippen molar-refractivity contribution in [3.63, 3.8) is 0 Å². The second-order valence-corrected chi connectivity index (χ2v) is 5.82. The highest BCUT2D eigenvalue weighted by Crippen LogP contribution is 1.95. The Morgan fingerprint density at radius 1 is 1.38 bits per heavy atom. The average molecular weight is 249 g/mol. The first kappa shape index (κ1) is 13.4. The minimum Gasteiger partial charge on any atom is -0.315 e. The third kappa shape index (κ3) is 4.91. The van der Waals surface area contributed by atoms with Crippen LogP contribution in [0.15, 0.2) is 0 Å². The molecule has 0 saturated carbocycles. The second-order valence-electron chi connectivity index (χ2n) is 3.81. The minimum atomic E-state index is -3.42. The van der Waals surface area contributed by atoms with Gasteiger partial charge in [-0.3, -0.25) is 14.4 Å². The molecule has 0 aromatic rings. The first-order valence-electron chi connectivity index (χ1n) is 5.50. The summed E-state index contributed by atoms with van der Waals surface area (Å²) in [5, 5.41) is 3.22. The summed E-state index contributed by atoms with van der Waals surface area (Å²) in [5.74, 6) is -0.510. The molecule has 1 aliphatic rings. The van der Waals surface area contributed by atoms with Crippen molar-refractivity contribution in [3.05, 3.63) is 0 Å². The highest BCUT2D eigenvalue weighted by molar-refractivity contribution is 7.90. The van der Waals surface area contributed by atoms with E-state index in [2.05, 4.69) is 5.32 Å². The SMILES string of the molecule is CCS(=O)(=O)NC(=O)CN1CCCNCC1. The van der Waals surface area contributed by atoms with Crippen LogP contribution >= 0.6 is 0 Å². The van der Waals surface area contributed by atoms with Crippen molar-refractivity contribution < 1.29 is 13.2 Å². The molecule has 1 rings (SSSR count). The van der Waals surface area contributed by atoms with E-state index in [1.54, 1.807) is 0 Å². The Morgan fingerprint density at radius 3 is 2.81 bits per heavy atom. The van der Waals surface area contributed by atoms with Crippen LogP contribution in [0.3, 0.4) is 0 Å². The van der Waals surface area contributed by atoms with E-state index in [1.807, 2.05) is 9.62 Å². The molecule has 2 N–H and O–H groups in total. The molecule has 0 aliphatic carbocycles. The van der Waals surface area contributed by atoms with Gasteiger partial charge in [0.25, 0.3) is 0 Å². The van der Waals surface area contributed by atoms with E-state index in [-0.39, 0.29) is 12.3 Å². The van der Waals surface area contributed by atoms with Gasteiger partial charge in [-0.2, -0.15) is 0 Å². The molecular weight excluding hydrogens is 230 g/mol. The zero-order valence-corrected chi connectivity index (χ0v) is 10.3. The molecule has 1 amide bonds. The van der Waals surface area contributed by atoms with Gasteiger partial charge in [-0.25, -0.2) is 8.42 Å². The van der Waals surface area contributed by atoms with Crippen molar-refractivity contribution in [2.75, 3.05) is 38.5 Å². The van der Waals surface area contributed by atoms with Gasteiger partial charge in [-0.05, 0) is 26.4 Å². The molecule has 1 saturated heterocycles. The van der Waals surface area contributed by atoms with Crippen LogP contribution in [0.2, 0.25) is 0 Å². The molecular formula is C9H19N3O3S. The molecule has 0 radical (unpaired) electrons. The molecule has 0 aromatic heterocycles. The maximum atomic E-state index is 11.4. The van der Waals surface area contributed by atoms with E-state index < -0.39 is 15.9 Å². The van der Waals surface area contributed by atoms with Crippen LogP contribution in [0.25, 0.3) is 0 Å². The number of carbonyl (C=O) groups excluding carboxylic acids is 1. The Bertz CT molecular complexity index is 321. The summed E-state index contributed by atoms with van der Waals surface area (Å²) in [5.41, 5.74) is 0. The van der Waals surface area contributed by atoms with Gasteiger partial charge in [-0.15, -0.1) is 0 Å². The van der Waals surface area contributed by atoms with Crippen LogP contribution < -0.4 is 10.0 Å². The van der Waals surface area contributed by atoms with E-state index in [0.717, 1.165) is 32.6 Å². The number of amides is 1. The molecule has 1 fully saturated rings. The summed E-state index contributed by atoms with van der Waals surface area (Å²) in [6.07, 6.45) is 0.980. The minimum absolute atomic E-state index is 0.0692. The quantitative estimate of drug-likeness (QED) is 0.651. The lowest BCUT2D eigenvalue weighted by molar-refractivity contribution is -0.120. The first-order chi connectivity index (χ1) is 7.53. The number of rotatable bonds is 4. The van der Waals surface area contributed by atoms with Gasteiger partial charge in [0.15, 0.2) is 0 Å². The fraction of sp³-hybridized carbons (Fsp3) is 0.889. The highest BCUT2D eigenvalue weighted by atomic mass is 32.2. The van der Waals surface area contributed by atoms with E-state index in [4.69, 9.17) is 0 Å². The Balaban J connectivity index is 2.38. The van der Waals surface area contributed by atoms with Crippen LogP contribution in [0.4, 0.5) is 0 Å². The van der Waals surface area contributed by atoms with Gasteiger partial charge < -0.3 is 5.32 Å². The van der Waals surface area contributed by atoms with Crippen molar-refractivity contribution in [2.45, 2.75) is 13.3 Å². The van der Waals surface area contributed by atoms with E-state index >= 15 is 0 Å². The number of nitrogens with one attached hydrogen (secondary N) is 2. The van der Waals surface area contributed by atoms with E-state index in [9.17, 15) is 13.2 Å². The summed E-state index contributed by atoms with van der Waals surface area (Å²) in [6, 6.07) is 0. The number of hydrogen-bond acceptors (Lipinski definition) is 5. The number of hydrogen-bond donors (Lipinski definition) is 2. The molecule has 1 heterocycles. The van der Waals surface area contributed by atoms with Crippen LogP contribution in [-0.2, 0) is 14.8 Å². The summed E-state index contributed by atoms with van der Waals surface area (Å²) < 4.78 is 24.4. The molecule has 6 nitrogen and oxygen atoms in total. The topological polar surface area (TPSA) is 78.5 Å². The zero-order chi connectivity index (χ0) is 12.0. The normalized spacial score (nSPS) is 19.1. The summed E-state index contributed by atoms with van der Waals surface area (Å²) in [7, 11) is -3.42. The predicted molar refractivity (Wildman–Crippen MR) is 61.5 cm³/mol. The first-order valence-corrected chi connectivity index (χ1v) is 7.15. The van der Waals surface area contributed by atoms with Gasteiger partial charge in [0, 0.05) is 13.1 Å². The number of nitrogens with zero attached hydrogens (tertiary/aromatic N) is 1. The molecule has 94 valence electrons. The van der Waals surface area contributed by atoms with Crippen molar-refractivity contribution in [1.29, 1.82) is 0 Å². The van der Waals surface area contributed by atoms with Crippen molar-refractivity contribution in [2.24, 2.45) is 0 Å². The lowest BCUT2D eigenvalue weighted by atomic mass is 10.4. The van der Waals surface area contributed by atoms with Crippen molar-refractivity contribution >= 4 is 15.9 Å². The monoisotopic (exact) mass is 249 g/mol. The third-order valence-electron chi connectivity index (χ3n) is 2.45. The van der Waals surface area contributed by atoms with Crippen molar-refractivity contribution in [3.8, 4) is 0 Å². The molecule has 0 unspecified atom stereocenters. The van der Waals surface area contributed by atoms with Gasteiger partial charge in [0.2, 0.25) is 15.9 Å². The van der Waals surface area contributed by atoms with Gasteiger partial charge in [-0.1, -0.05) is 0 Å². The number of carbonyl (C=O) groups is 1. The lowest BCUT2D eigenvalue weighted by Crippen LogP contribution is -2.41. The molecule has 0 spiro atoms. The molecule has 1 aliphatic heterocycles. The zero-order valence-electron chi connectivity index (χ0n) is 9.53. The predicted octanol–water partition coefficient (Wildman–Crippen LogP) is -1.25. The van der Waals surface area contributed by atoms with Gasteiger partial charge >= 0.3 is 0 Å². The maximum Gasteiger partial charge on any atom is 0.247 e. The molecule has 0 bridgehead atoms. The Labute approximate surface area is 96.4 Å². The fourth-order valence-corrected chi connectivity index (χ4v) is 2.10. The van der Waals surface area contributed by atoms with Gasteiger partial charge in [0.05, 0.1) is 12.3 Å². The standard InChI is InChI=1S/C9H19N3O3S/c1-2-16(14,15)11-9(13)8-12-6-3-4-10-5-7-12/h10H,2-8H2,1H3,(H,11,13). The van der Waals surface area contributed by atoms with Crippen LogP contribution in [0.5, 0.6) is 0 Å². The molecule has 7 heteroatoms. The summed E-state index contributed by atoms with van der Waals surface area (Å²) in [6.45, 7) is 5.05. The smallest absolute Gasteiger partial charge is 0.247 e. The molecule has 0 atom stereocenters. The largest absolute Gasteiger partial charge is 0.315 e. The number of sulfonamides is 1. The van der Waals surface area contributed by atoms with Gasteiger partial charge in [0.1, 0.15) is 0 Å². The maximum absolute atomic E-state index is 11.4.